The van der Waals surface area contributed by atoms with Crippen LogP contribution in [0.25, 0.3) is 11.0 Å². The zero-order valence-corrected chi connectivity index (χ0v) is 11.2. The molecule has 2 aromatic rings. The van der Waals surface area contributed by atoms with Gasteiger partial charge in [0.1, 0.15) is 12.1 Å². The highest BCUT2D eigenvalue weighted by Gasteiger charge is 2.39. The fraction of sp³-hybridized carbons (Fsp3) is 0.182. The smallest absolute Gasteiger partial charge is 0.316 e. The standard InChI is InChI=1S/C11H5F4N3O6/c12-11(13,14)4-1-5-7(2-6(4)18(22)23)17(3-8(19)24-15)10(21)9(20)16-5/h1-2H,3H2,(H,16,20). The van der Waals surface area contributed by atoms with Gasteiger partial charge in [0.15, 0.2) is 0 Å². The molecular formula is C11H5F4N3O6. The van der Waals surface area contributed by atoms with E-state index in [1.807, 2.05) is 4.98 Å². The third-order valence-electron chi connectivity index (χ3n) is 2.97. The number of carbonyl (C=O) groups excluding carboxylic acids is 1. The van der Waals surface area contributed by atoms with Crippen molar-refractivity contribution < 1.29 is 32.4 Å². The number of nitro benzene ring substituents is 1. The number of fused-ring (bicyclic) bond motifs is 1. The summed E-state index contributed by atoms with van der Waals surface area (Å²) in [6.07, 6.45) is -5.12. The van der Waals surface area contributed by atoms with Crippen molar-refractivity contribution in [2.75, 3.05) is 0 Å². The van der Waals surface area contributed by atoms with Crippen LogP contribution < -0.4 is 11.1 Å². The van der Waals surface area contributed by atoms with E-state index in [4.69, 9.17) is 0 Å². The van der Waals surface area contributed by atoms with Gasteiger partial charge < -0.3 is 4.98 Å². The monoisotopic (exact) mass is 351 g/mol. The first-order chi connectivity index (χ1) is 11.1. The Morgan fingerprint density at radius 2 is 1.96 bits per heavy atom. The van der Waals surface area contributed by atoms with Crippen molar-refractivity contribution >= 4 is 22.7 Å². The van der Waals surface area contributed by atoms with E-state index in [0.717, 1.165) is 0 Å². The number of hydrogen-bond acceptors (Lipinski definition) is 6. The lowest BCUT2D eigenvalue weighted by molar-refractivity contribution is -0.387. The third-order valence-corrected chi connectivity index (χ3v) is 2.97. The Kier molecular flexibility index (Phi) is 4.10. The molecule has 24 heavy (non-hydrogen) atoms. The van der Waals surface area contributed by atoms with Crippen LogP contribution in [0.5, 0.6) is 0 Å². The molecule has 0 atom stereocenters. The maximum Gasteiger partial charge on any atom is 0.423 e. The number of nitrogens with one attached hydrogen (secondary N) is 1. The van der Waals surface area contributed by atoms with E-state index in [0.29, 0.717) is 6.07 Å². The summed E-state index contributed by atoms with van der Waals surface area (Å²) in [7, 11) is 0. The number of rotatable bonds is 3. The molecule has 0 unspecified atom stereocenters. The number of hydrogen-bond donors (Lipinski definition) is 1. The average molecular weight is 351 g/mol. The van der Waals surface area contributed by atoms with E-state index in [1.54, 1.807) is 0 Å². The van der Waals surface area contributed by atoms with E-state index in [2.05, 4.69) is 4.94 Å². The summed E-state index contributed by atoms with van der Waals surface area (Å²) in [6, 6.07) is 0.590. The van der Waals surface area contributed by atoms with Crippen LogP contribution >= 0.6 is 0 Å². The predicted octanol–water partition coefficient (Wildman–Crippen LogP) is 1.04. The maximum atomic E-state index is 12.9. The molecule has 0 fully saturated rings. The quantitative estimate of drug-likeness (QED) is 0.381. The molecule has 0 spiro atoms. The van der Waals surface area contributed by atoms with Crippen molar-refractivity contribution in [1.82, 2.24) is 9.55 Å². The average Bonchev–Trinajstić information content (AvgIpc) is 2.49. The van der Waals surface area contributed by atoms with Crippen LogP contribution in [0.4, 0.5) is 23.4 Å². The number of aromatic nitrogens is 2. The molecule has 0 radical (unpaired) electrons. The zero-order chi connectivity index (χ0) is 18.2. The molecule has 13 heteroatoms. The Morgan fingerprint density at radius 3 is 2.46 bits per heavy atom. The molecule has 0 bridgehead atoms. The van der Waals surface area contributed by atoms with Gasteiger partial charge in [-0.2, -0.15) is 13.2 Å². The van der Waals surface area contributed by atoms with Gasteiger partial charge in [-0.05, 0) is 6.07 Å². The lowest BCUT2D eigenvalue weighted by Gasteiger charge is -2.11. The third kappa shape index (κ3) is 2.95. The van der Waals surface area contributed by atoms with Gasteiger partial charge >= 0.3 is 23.3 Å². The van der Waals surface area contributed by atoms with E-state index in [1.165, 1.54) is 0 Å². The number of aromatic amines is 1. The van der Waals surface area contributed by atoms with E-state index < -0.39 is 57.0 Å². The van der Waals surface area contributed by atoms with Crippen molar-refractivity contribution in [3.63, 3.8) is 0 Å². The fourth-order valence-corrected chi connectivity index (χ4v) is 2.00. The summed E-state index contributed by atoms with van der Waals surface area (Å²) in [5, 5.41) is 10.8. The van der Waals surface area contributed by atoms with Gasteiger partial charge in [0.25, 0.3) is 5.69 Å². The number of alkyl halides is 3. The van der Waals surface area contributed by atoms with Crippen LogP contribution in [0.3, 0.4) is 0 Å². The minimum Gasteiger partial charge on any atom is -0.316 e. The Bertz CT molecular complexity index is 961. The molecule has 0 saturated carbocycles. The Hall–Kier alpha value is -3.25. The Balaban J connectivity index is 2.93. The minimum absolute atomic E-state index is 0.242. The largest absolute Gasteiger partial charge is 0.423 e. The number of carbonyl (C=O) groups is 1. The van der Waals surface area contributed by atoms with Crippen LogP contribution in [0, 0.1) is 10.1 Å². The van der Waals surface area contributed by atoms with Crippen molar-refractivity contribution in [2.24, 2.45) is 0 Å². The summed E-state index contributed by atoms with van der Waals surface area (Å²) in [5.41, 5.74) is -7.11. The van der Waals surface area contributed by atoms with Crippen LogP contribution in [-0.2, 0) is 22.5 Å². The molecule has 1 aromatic heterocycles. The lowest BCUT2D eigenvalue weighted by atomic mass is 10.1. The Labute approximate surface area is 127 Å². The molecule has 0 aliphatic rings. The van der Waals surface area contributed by atoms with Crippen LogP contribution in [-0.4, -0.2) is 20.4 Å². The van der Waals surface area contributed by atoms with Crippen molar-refractivity contribution in [3.8, 4) is 0 Å². The van der Waals surface area contributed by atoms with Gasteiger partial charge in [0.05, 0.1) is 16.0 Å². The van der Waals surface area contributed by atoms with Crippen molar-refractivity contribution in [2.45, 2.75) is 12.7 Å². The minimum atomic E-state index is -5.12. The highest BCUT2D eigenvalue weighted by Crippen LogP contribution is 2.37. The molecule has 1 N–H and O–H groups in total. The summed E-state index contributed by atoms with van der Waals surface area (Å²) in [5.74, 6) is -1.63. The molecule has 9 nitrogen and oxygen atoms in total. The number of nitro groups is 1. The molecule has 0 aliphatic heterocycles. The van der Waals surface area contributed by atoms with Gasteiger partial charge in [-0.1, -0.05) is 0 Å². The normalized spacial score (nSPS) is 11.5. The van der Waals surface area contributed by atoms with E-state index in [9.17, 15) is 42.2 Å². The molecule has 128 valence electrons. The first-order valence-corrected chi connectivity index (χ1v) is 5.90. The van der Waals surface area contributed by atoms with Gasteiger partial charge in [0.2, 0.25) is 0 Å². The number of H-pyrrole nitrogens is 1. The van der Waals surface area contributed by atoms with E-state index >= 15 is 0 Å². The molecule has 2 rings (SSSR count). The summed E-state index contributed by atoms with van der Waals surface area (Å²) < 4.78 is 50.8. The second kappa shape index (κ2) is 5.75. The van der Waals surface area contributed by atoms with Crippen LogP contribution in [0.1, 0.15) is 5.56 Å². The van der Waals surface area contributed by atoms with Crippen LogP contribution in [0.15, 0.2) is 21.7 Å². The molecule has 1 heterocycles. The molecular weight excluding hydrogens is 346 g/mol. The van der Waals surface area contributed by atoms with Gasteiger partial charge in [-0.25, -0.2) is 4.79 Å². The van der Waals surface area contributed by atoms with Gasteiger partial charge in [-0.15, -0.1) is 0 Å². The summed E-state index contributed by atoms with van der Waals surface area (Å²) in [4.78, 5) is 48.2. The number of halogens is 4. The summed E-state index contributed by atoms with van der Waals surface area (Å²) >= 11 is 0. The van der Waals surface area contributed by atoms with Gasteiger partial charge in [-0.3, -0.25) is 29.2 Å². The second-order valence-electron chi connectivity index (χ2n) is 4.44. The molecule has 1 aromatic carbocycles. The van der Waals surface area contributed by atoms with Crippen LogP contribution in [0.2, 0.25) is 0 Å². The highest BCUT2D eigenvalue weighted by atomic mass is 19.4. The Morgan fingerprint density at radius 1 is 1.33 bits per heavy atom. The van der Waals surface area contributed by atoms with Crippen molar-refractivity contribution in [1.29, 1.82) is 0 Å². The molecule has 0 aliphatic carbocycles. The SMILES string of the molecule is O=C(Cn1c(=O)c(=O)[nH]c2cc(C(F)(F)F)c([N+](=O)[O-])cc21)OF. The number of benzene rings is 1. The summed E-state index contributed by atoms with van der Waals surface area (Å²) in [6.45, 7) is -1.17. The number of nitrogens with zero attached hydrogens (tertiary/aromatic N) is 2. The van der Waals surface area contributed by atoms with E-state index in [-0.39, 0.29) is 10.6 Å². The molecule has 0 saturated heterocycles. The molecule has 0 amide bonds. The first kappa shape index (κ1) is 17.1. The van der Waals surface area contributed by atoms with Gasteiger partial charge in [0, 0.05) is 10.6 Å². The lowest BCUT2D eigenvalue weighted by Crippen LogP contribution is -2.38. The predicted molar refractivity (Wildman–Crippen MR) is 67.7 cm³/mol. The second-order valence-corrected chi connectivity index (χ2v) is 4.44. The highest BCUT2D eigenvalue weighted by molar-refractivity contribution is 5.81. The zero-order valence-electron chi connectivity index (χ0n) is 11.2. The fourth-order valence-electron chi connectivity index (χ4n) is 2.00. The van der Waals surface area contributed by atoms with Crippen molar-refractivity contribution in [3.05, 3.63) is 48.5 Å². The first-order valence-electron chi connectivity index (χ1n) is 5.90. The maximum absolute atomic E-state index is 12.9. The topological polar surface area (TPSA) is 124 Å².